The van der Waals surface area contributed by atoms with Crippen molar-refractivity contribution in [2.45, 2.75) is 0 Å². The van der Waals surface area contributed by atoms with Crippen molar-refractivity contribution < 1.29 is 18.7 Å². The van der Waals surface area contributed by atoms with Gasteiger partial charge in [-0.2, -0.15) is 4.98 Å². The smallest absolute Gasteiger partial charge is 0.253 e. The van der Waals surface area contributed by atoms with Gasteiger partial charge in [0, 0.05) is 44.0 Å². The minimum absolute atomic E-state index is 0.00776. The molecule has 154 valence electrons. The summed E-state index contributed by atoms with van der Waals surface area (Å²) < 4.78 is 23.9. The van der Waals surface area contributed by atoms with Crippen molar-refractivity contribution in [1.82, 2.24) is 14.9 Å². The Morgan fingerprint density at radius 3 is 2.27 bits per heavy atom. The summed E-state index contributed by atoms with van der Waals surface area (Å²) in [7, 11) is 1.60. The van der Waals surface area contributed by atoms with Crippen LogP contribution >= 0.6 is 0 Å². The van der Waals surface area contributed by atoms with Gasteiger partial charge in [0.15, 0.2) is 0 Å². The number of aromatic nitrogens is 2. The molecular weight excluding hydrogens is 387 g/mol. The molecule has 0 N–H and O–H groups in total. The molecule has 8 heteroatoms. The number of anilines is 1. The van der Waals surface area contributed by atoms with Gasteiger partial charge in [-0.05, 0) is 48.5 Å². The van der Waals surface area contributed by atoms with E-state index in [9.17, 15) is 9.18 Å². The first-order valence-corrected chi connectivity index (χ1v) is 9.57. The highest BCUT2D eigenvalue weighted by molar-refractivity contribution is 5.94. The predicted molar refractivity (Wildman–Crippen MR) is 110 cm³/mol. The fourth-order valence-electron chi connectivity index (χ4n) is 3.19. The third-order valence-electron chi connectivity index (χ3n) is 4.84. The van der Waals surface area contributed by atoms with Crippen molar-refractivity contribution >= 4 is 11.9 Å². The first-order valence-electron chi connectivity index (χ1n) is 9.57. The van der Waals surface area contributed by atoms with Crippen LogP contribution in [0.2, 0.25) is 0 Å². The summed E-state index contributed by atoms with van der Waals surface area (Å²) in [5, 5.41) is 0. The molecule has 1 aromatic heterocycles. The van der Waals surface area contributed by atoms with Crippen molar-refractivity contribution in [2.75, 3.05) is 38.2 Å². The number of carbonyl (C=O) groups excluding carboxylic acids is 1. The van der Waals surface area contributed by atoms with Gasteiger partial charge in [-0.3, -0.25) is 4.79 Å². The highest BCUT2D eigenvalue weighted by Gasteiger charge is 2.23. The summed E-state index contributed by atoms with van der Waals surface area (Å²) in [5.41, 5.74) is 0.634. The summed E-state index contributed by atoms with van der Waals surface area (Å²) in [6.45, 7) is 2.36. The molecule has 1 amide bonds. The molecule has 1 fully saturated rings. The van der Waals surface area contributed by atoms with Crippen molar-refractivity contribution in [3.05, 3.63) is 72.2 Å². The van der Waals surface area contributed by atoms with E-state index in [4.69, 9.17) is 9.47 Å². The van der Waals surface area contributed by atoms with E-state index in [2.05, 4.69) is 9.97 Å². The van der Waals surface area contributed by atoms with Crippen molar-refractivity contribution in [1.29, 1.82) is 0 Å². The summed E-state index contributed by atoms with van der Waals surface area (Å²) in [5.74, 6) is 1.79. The lowest BCUT2D eigenvalue weighted by molar-refractivity contribution is 0.0746. The van der Waals surface area contributed by atoms with Gasteiger partial charge in [0.25, 0.3) is 5.91 Å². The van der Waals surface area contributed by atoms with Gasteiger partial charge in [-0.15, -0.1) is 0 Å². The molecule has 0 saturated carbocycles. The molecule has 30 heavy (non-hydrogen) atoms. The number of hydrogen-bond donors (Lipinski definition) is 0. The third-order valence-corrected chi connectivity index (χ3v) is 4.84. The van der Waals surface area contributed by atoms with Gasteiger partial charge >= 0.3 is 0 Å². The number of piperazine rings is 1. The molecule has 2 heterocycles. The second-order valence-electron chi connectivity index (χ2n) is 6.76. The average Bonchev–Trinajstić information content (AvgIpc) is 2.80. The van der Waals surface area contributed by atoms with Gasteiger partial charge in [0.1, 0.15) is 17.3 Å². The Morgan fingerprint density at radius 1 is 0.933 bits per heavy atom. The van der Waals surface area contributed by atoms with E-state index in [1.807, 2.05) is 9.80 Å². The normalized spacial score (nSPS) is 13.8. The van der Waals surface area contributed by atoms with E-state index >= 15 is 0 Å². The standard InChI is InChI=1S/C22H21FN4O3/c1-29-18-6-2-16(3-7-18)21(28)26-12-14-27(15-13-26)22-24-11-10-20(25-22)30-19-8-4-17(23)5-9-19/h2-11H,12-15H2,1H3. The number of ether oxygens (including phenoxy) is 2. The summed E-state index contributed by atoms with van der Waals surface area (Å²) >= 11 is 0. The van der Waals surface area contributed by atoms with Crippen molar-refractivity contribution in [2.24, 2.45) is 0 Å². The minimum Gasteiger partial charge on any atom is -0.497 e. The lowest BCUT2D eigenvalue weighted by Gasteiger charge is -2.34. The lowest BCUT2D eigenvalue weighted by Crippen LogP contribution is -2.49. The number of amides is 1. The number of nitrogens with zero attached hydrogens (tertiary/aromatic N) is 4. The number of carbonyl (C=O) groups is 1. The number of hydrogen-bond acceptors (Lipinski definition) is 6. The minimum atomic E-state index is -0.326. The molecule has 0 atom stereocenters. The Labute approximate surface area is 173 Å². The first kappa shape index (κ1) is 19.6. The van der Waals surface area contributed by atoms with Crippen LogP contribution in [0.25, 0.3) is 0 Å². The highest BCUT2D eigenvalue weighted by atomic mass is 19.1. The maximum absolute atomic E-state index is 13.0. The number of benzene rings is 2. The fraction of sp³-hybridized carbons (Fsp3) is 0.227. The molecule has 0 radical (unpaired) electrons. The second kappa shape index (κ2) is 8.77. The second-order valence-corrected chi connectivity index (χ2v) is 6.76. The molecule has 7 nitrogen and oxygen atoms in total. The van der Waals surface area contributed by atoms with Crippen molar-refractivity contribution in [3.8, 4) is 17.4 Å². The van der Waals surface area contributed by atoms with Crippen LogP contribution in [0.3, 0.4) is 0 Å². The molecular formula is C22H21FN4O3. The van der Waals surface area contributed by atoms with E-state index < -0.39 is 0 Å². The average molecular weight is 408 g/mol. The van der Waals surface area contributed by atoms with Crippen LogP contribution in [-0.4, -0.2) is 54.1 Å². The predicted octanol–water partition coefficient (Wildman–Crippen LogP) is 3.38. The maximum Gasteiger partial charge on any atom is 0.253 e. The highest BCUT2D eigenvalue weighted by Crippen LogP contribution is 2.22. The number of halogens is 1. The first-order chi connectivity index (χ1) is 14.6. The van der Waals surface area contributed by atoms with Crippen LogP contribution in [0.1, 0.15) is 10.4 Å². The topological polar surface area (TPSA) is 67.8 Å². The maximum atomic E-state index is 13.0. The summed E-state index contributed by atoms with van der Waals surface area (Å²) in [4.78, 5) is 25.3. The molecule has 2 aromatic carbocycles. The van der Waals surface area contributed by atoms with Crippen LogP contribution in [0.4, 0.5) is 10.3 Å². The Kier molecular flexibility index (Phi) is 5.74. The lowest BCUT2D eigenvalue weighted by atomic mass is 10.1. The Morgan fingerprint density at radius 2 is 1.60 bits per heavy atom. The molecule has 0 aliphatic carbocycles. The van der Waals surface area contributed by atoms with Gasteiger partial charge in [-0.25, -0.2) is 9.37 Å². The van der Waals surface area contributed by atoms with Crippen LogP contribution < -0.4 is 14.4 Å². The molecule has 0 spiro atoms. The largest absolute Gasteiger partial charge is 0.497 e. The van der Waals surface area contributed by atoms with Gasteiger partial charge in [-0.1, -0.05) is 0 Å². The van der Waals surface area contributed by atoms with E-state index in [0.717, 1.165) is 5.75 Å². The Hall–Kier alpha value is -3.68. The number of rotatable bonds is 5. The molecule has 1 saturated heterocycles. The molecule has 0 bridgehead atoms. The SMILES string of the molecule is COc1ccc(C(=O)N2CCN(c3nccc(Oc4ccc(F)cc4)n3)CC2)cc1. The zero-order chi connectivity index (χ0) is 20.9. The van der Waals surface area contributed by atoms with Gasteiger partial charge < -0.3 is 19.3 Å². The van der Waals surface area contributed by atoms with E-state index in [1.165, 1.54) is 12.1 Å². The third kappa shape index (κ3) is 4.48. The quantitative estimate of drug-likeness (QED) is 0.645. The van der Waals surface area contributed by atoms with Crippen LogP contribution in [0, 0.1) is 5.82 Å². The van der Waals surface area contributed by atoms with Gasteiger partial charge in [0.05, 0.1) is 7.11 Å². The van der Waals surface area contributed by atoms with Crippen molar-refractivity contribution in [3.63, 3.8) is 0 Å². The zero-order valence-electron chi connectivity index (χ0n) is 16.5. The van der Waals surface area contributed by atoms with E-state index in [1.54, 1.807) is 55.8 Å². The Bertz CT molecular complexity index is 1000. The van der Waals surface area contributed by atoms with E-state index in [0.29, 0.717) is 49.3 Å². The molecule has 3 aromatic rings. The Balaban J connectivity index is 1.37. The zero-order valence-corrected chi connectivity index (χ0v) is 16.5. The van der Waals surface area contributed by atoms with Gasteiger partial charge in [0.2, 0.25) is 11.8 Å². The van der Waals surface area contributed by atoms with Crippen LogP contribution in [-0.2, 0) is 0 Å². The van der Waals surface area contributed by atoms with Crippen LogP contribution in [0.5, 0.6) is 17.4 Å². The van der Waals surface area contributed by atoms with E-state index in [-0.39, 0.29) is 11.7 Å². The summed E-state index contributed by atoms with van der Waals surface area (Å²) in [6, 6.07) is 14.5. The number of methoxy groups -OCH3 is 1. The monoisotopic (exact) mass is 408 g/mol. The fourth-order valence-corrected chi connectivity index (χ4v) is 3.19. The summed E-state index contributed by atoms with van der Waals surface area (Å²) in [6.07, 6.45) is 1.62. The molecule has 1 aliphatic heterocycles. The molecule has 4 rings (SSSR count). The molecule has 0 unspecified atom stereocenters. The molecule has 1 aliphatic rings. The van der Waals surface area contributed by atoms with Crippen LogP contribution in [0.15, 0.2) is 60.8 Å².